The Bertz CT molecular complexity index is 513. The van der Waals surface area contributed by atoms with Gasteiger partial charge in [-0.1, -0.05) is 24.3 Å². The Labute approximate surface area is 119 Å². The van der Waals surface area contributed by atoms with Crippen molar-refractivity contribution in [2.45, 2.75) is 32.2 Å². The summed E-state index contributed by atoms with van der Waals surface area (Å²) in [6.45, 7) is 2.19. The predicted octanol–water partition coefficient (Wildman–Crippen LogP) is 1.77. The number of allylic oxidation sites excluding steroid dienone is 7. The van der Waals surface area contributed by atoms with E-state index in [0.717, 1.165) is 30.5 Å². The number of hydrogen-bond donors (Lipinski definition) is 2. The van der Waals surface area contributed by atoms with Gasteiger partial charge in [0, 0.05) is 24.7 Å². The van der Waals surface area contributed by atoms with E-state index in [1.54, 1.807) is 0 Å². The van der Waals surface area contributed by atoms with E-state index in [1.807, 2.05) is 36.5 Å². The Morgan fingerprint density at radius 1 is 1.20 bits per heavy atom. The van der Waals surface area contributed by atoms with Crippen LogP contribution >= 0.6 is 0 Å². The minimum absolute atomic E-state index is 0.00697. The van der Waals surface area contributed by atoms with Gasteiger partial charge >= 0.3 is 0 Å². The summed E-state index contributed by atoms with van der Waals surface area (Å²) >= 11 is 0. The van der Waals surface area contributed by atoms with E-state index in [4.69, 9.17) is 0 Å². The molecule has 1 unspecified atom stereocenters. The fraction of sp³-hybridized carbons (Fsp3) is 0.375. The third-order valence-corrected chi connectivity index (χ3v) is 3.35. The topological polar surface area (TPSA) is 58.2 Å². The summed E-state index contributed by atoms with van der Waals surface area (Å²) in [6, 6.07) is -0.135. The summed E-state index contributed by atoms with van der Waals surface area (Å²) < 4.78 is 0. The van der Waals surface area contributed by atoms with E-state index in [2.05, 4.69) is 10.6 Å². The molecule has 4 nitrogen and oxygen atoms in total. The van der Waals surface area contributed by atoms with Gasteiger partial charge in [0.25, 0.3) is 0 Å². The number of fused-ring (bicyclic) bond motifs is 1. The van der Waals surface area contributed by atoms with Crippen LogP contribution in [0.25, 0.3) is 0 Å². The maximum absolute atomic E-state index is 12.3. The molecule has 0 aromatic heterocycles. The number of nitrogens with one attached hydrogen (secondary N) is 2. The van der Waals surface area contributed by atoms with Gasteiger partial charge in [0.2, 0.25) is 5.91 Å². The number of amides is 1. The highest BCUT2D eigenvalue weighted by molar-refractivity contribution is 6.06. The highest BCUT2D eigenvalue weighted by Gasteiger charge is 2.31. The first kappa shape index (κ1) is 14.3. The molecule has 20 heavy (non-hydrogen) atoms. The zero-order chi connectivity index (χ0) is 14.4. The third-order valence-electron chi connectivity index (χ3n) is 3.35. The largest absolute Gasteiger partial charge is 0.374 e. The van der Waals surface area contributed by atoms with Gasteiger partial charge in [0.1, 0.15) is 0 Å². The maximum atomic E-state index is 12.3. The van der Waals surface area contributed by atoms with Crippen molar-refractivity contribution in [1.82, 2.24) is 10.6 Å². The second kappa shape index (κ2) is 6.89. The Hall–Kier alpha value is -2.10. The Balaban J connectivity index is 1.86. The van der Waals surface area contributed by atoms with Gasteiger partial charge in [-0.3, -0.25) is 9.59 Å². The van der Waals surface area contributed by atoms with E-state index in [-0.39, 0.29) is 17.7 Å². The molecule has 2 rings (SSSR count). The molecule has 0 radical (unpaired) electrons. The minimum atomic E-state index is -0.135. The lowest BCUT2D eigenvalue weighted by Gasteiger charge is -2.09. The third kappa shape index (κ3) is 3.70. The van der Waals surface area contributed by atoms with Gasteiger partial charge in [-0.2, -0.15) is 0 Å². The zero-order valence-electron chi connectivity index (χ0n) is 11.7. The van der Waals surface area contributed by atoms with Crippen molar-refractivity contribution in [3.05, 3.63) is 47.7 Å². The highest BCUT2D eigenvalue weighted by Crippen LogP contribution is 2.23. The molecule has 0 bridgehead atoms. The Morgan fingerprint density at radius 3 is 2.70 bits per heavy atom. The van der Waals surface area contributed by atoms with E-state index in [1.165, 1.54) is 6.92 Å². The minimum Gasteiger partial charge on any atom is -0.374 e. The second-order valence-electron chi connectivity index (χ2n) is 4.97. The van der Waals surface area contributed by atoms with Crippen LogP contribution in [0.5, 0.6) is 0 Å². The summed E-state index contributed by atoms with van der Waals surface area (Å²) in [5.74, 6) is 0.156. The average Bonchev–Trinajstić information content (AvgIpc) is 2.65. The molecule has 1 heterocycles. The molecule has 0 aromatic carbocycles. The lowest BCUT2D eigenvalue weighted by atomic mass is 10.0. The van der Waals surface area contributed by atoms with Crippen molar-refractivity contribution in [1.29, 1.82) is 0 Å². The summed E-state index contributed by atoms with van der Waals surface area (Å²) in [5, 5.41) is 6.04. The zero-order valence-corrected chi connectivity index (χ0v) is 11.7. The molecule has 1 amide bonds. The quantitative estimate of drug-likeness (QED) is 0.750. The molecule has 1 aliphatic carbocycles. The first-order valence-corrected chi connectivity index (χ1v) is 6.99. The summed E-state index contributed by atoms with van der Waals surface area (Å²) in [7, 11) is 0. The number of hydrogen-bond acceptors (Lipinski definition) is 3. The molecule has 1 saturated heterocycles. The lowest BCUT2D eigenvalue weighted by Crippen LogP contribution is -2.27. The van der Waals surface area contributed by atoms with Crippen molar-refractivity contribution < 1.29 is 9.59 Å². The van der Waals surface area contributed by atoms with E-state index in [9.17, 15) is 9.59 Å². The van der Waals surface area contributed by atoms with Gasteiger partial charge in [0.15, 0.2) is 5.78 Å². The van der Waals surface area contributed by atoms with Crippen LogP contribution in [0.4, 0.5) is 0 Å². The molecule has 0 saturated carbocycles. The van der Waals surface area contributed by atoms with Crippen molar-refractivity contribution in [3.63, 3.8) is 0 Å². The molecule has 1 fully saturated rings. The smallest absolute Gasteiger partial charge is 0.216 e. The van der Waals surface area contributed by atoms with Crippen molar-refractivity contribution in [2.24, 2.45) is 0 Å². The molecule has 1 aliphatic heterocycles. The fourth-order valence-electron chi connectivity index (χ4n) is 2.33. The normalized spacial score (nSPS) is 20.4. The van der Waals surface area contributed by atoms with Crippen LogP contribution in [0.1, 0.15) is 26.2 Å². The van der Waals surface area contributed by atoms with Gasteiger partial charge in [-0.15, -0.1) is 0 Å². The molecular weight excluding hydrogens is 252 g/mol. The monoisotopic (exact) mass is 272 g/mol. The molecule has 1 atom stereocenters. The van der Waals surface area contributed by atoms with Crippen molar-refractivity contribution in [3.8, 4) is 0 Å². The van der Waals surface area contributed by atoms with Crippen LogP contribution < -0.4 is 10.6 Å². The SMILES string of the molecule is CC(=O)NCCCCC1NC2=CC=CC=CC=C2C1=O. The lowest BCUT2D eigenvalue weighted by molar-refractivity contribution is -0.119. The predicted molar refractivity (Wildman–Crippen MR) is 78.9 cm³/mol. The van der Waals surface area contributed by atoms with Crippen molar-refractivity contribution >= 4 is 11.7 Å². The summed E-state index contributed by atoms with van der Waals surface area (Å²) in [4.78, 5) is 23.0. The number of carbonyl (C=O) groups is 2. The average molecular weight is 272 g/mol. The van der Waals surface area contributed by atoms with Gasteiger partial charge < -0.3 is 10.6 Å². The number of rotatable bonds is 5. The summed E-state index contributed by atoms with van der Waals surface area (Å²) in [6.07, 6.45) is 14.1. The Kier molecular flexibility index (Phi) is 4.93. The van der Waals surface area contributed by atoms with Gasteiger partial charge in [-0.25, -0.2) is 0 Å². The number of carbonyl (C=O) groups excluding carboxylic acids is 2. The molecule has 2 aliphatic rings. The van der Waals surface area contributed by atoms with Crippen LogP contribution in [0.3, 0.4) is 0 Å². The van der Waals surface area contributed by atoms with E-state index >= 15 is 0 Å². The van der Waals surface area contributed by atoms with Gasteiger partial charge in [0.05, 0.1) is 6.04 Å². The number of Topliss-reactive ketones (excluding diaryl/α,β-unsaturated/α-hetero) is 1. The number of ketones is 1. The Morgan fingerprint density at radius 2 is 1.95 bits per heavy atom. The van der Waals surface area contributed by atoms with Crippen LogP contribution in [-0.2, 0) is 9.59 Å². The molecule has 2 N–H and O–H groups in total. The van der Waals surface area contributed by atoms with E-state index in [0.29, 0.717) is 6.54 Å². The number of unbranched alkanes of at least 4 members (excludes halogenated alkanes) is 1. The standard InChI is InChI=1S/C16H20N2O2/c1-12(19)17-11-7-6-10-15-16(20)13-8-4-2-3-5-9-14(13)18-15/h2-5,8-9,15,18H,6-7,10-11H2,1H3,(H,17,19). The maximum Gasteiger partial charge on any atom is 0.216 e. The summed E-state index contributed by atoms with van der Waals surface area (Å²) in [5.41, 5.74) is 1.67. The van der Waals surface area contributed by atoms with Crippen LogP contribution in [0.2, 0.25) is 0 Å². The molecule has 106 valence electrons. The molecule has 0 aromatic rings. The van der Waals surface area contributed by atoms with Crippen molar-refractivity contribution in [2.75, 3.05) is 6.54 Å². The fourth-order valence-corrected chi connectivity index (χ4v) is 2.33. The van der Waals surface area contributed by atoms with Crippen LogP contribution in [0.15, 0.2) is 47.7 Å². The molecular formula is C16H20N2O2. The van der Waals surface area contributed by atoms with Crippen LogP contribution in [-0.4, -0.2) is 24.3 Å². The first-order valence-electron chi connectivity index (χ1n) is 6.99. The van der Waals surface area contributed by atoms with Crippen LogP contribution in [0, 0.1) is 0 Å². The molecule has 4 heteroatoms. The van der Waals surface area contributed by atoms with Gasteiger partial charge in [-0.05, 0) is 31.4 Å². The second-order valence-corrected chi connectivity index (χ2v) is 4.97. The molecule has 0 spiro atoms. The highest BCUT2D eigenvalue weighted by atomic mass is 16.1. The van der Waals surface area contributed by atoms with E-state index < -0.39 is 0 Å². The first-order chi connectivity index (χ1) is 9.68.